The van der Waals surface area contributed by atoms with Crippen LogP contribution in [0.4, 0.5) is 0 Å². The Hall–Kier alpha value is -2.17. The van der Waals surface area contributed by atoms with Gasteiger partial charge in [0.05, 0.1) is 17.6 Å². The number of esters is 1. The maximum atomic E-state index is 11.2. The molecule has 0 amide bonds. The lowest BCUT2D eigenvalue weighted by Crippen LogP contribution is -2.05. The highest BCUT2D eigenvalue weighted by Crippen LogP contribution is 2.16. The molecule has 0 aliphatic rings. The van der Waals surface area contributed by atoms with Gasteiger partial charge in [-0.2, -0.15) is 0 Å². The Morgan fingerprint density at radius 2 is 1.89 bits per heavy atom. The number of nitrogens with zero attached hydrogens (tertiary/aromatic N) is 1. The molecule has 5 nitrogen and oxygen atoms in total. The maximum absolute atomic E-state index is 11.2. The molecule has 0 radical (unpaired) electrons. The lowest BCUT2D eigenvalue weighted by Gasteiger charge is -2.03. The average molecular weight is 249 g/mol. The molecule has 0 aliphatic carbocycles. The summed E-state index contributed by atoms with van der Waals surface area (Å²) in [6, 6.07) is 6.46. The standard InChI is InChI=1S/C13H15NO4/c1-9(2)12(14(16)17)8-10-4-6-11(7-5-10)13(15)18-3/h4-9H,1-3H3/b12-8-. The van der Waals surface area contributed by atoms with Crippen molar-refractivity contribution in [1.82, 2.24) is 0 Å². The SMILES string of the molecule is COC(=O)c1ccc(/C=C(/C(C)C)[N+](=O)[O-])cc1. The molecular weight excluding hydrogens is 234 g/mol. The van der Waals surface area contributed by atoms with E-state index >= 15 is 0 Å². The van der Waals surface area contributed by atoms with Gasteiger partial charge in [-0.3, -0.25) is 10.1 Å². The third kappa shape index (κ3) is 3.41. The van der Waals surface area contributed by atoms with Crippen molar-refractivity contribution in [3.8, 4) is 0 Å². The first kappa shape index (κ1) is 13.9. The molecule has 1 aromatic carbocycles. The van der Waals surface area contributed by atoms with E-state index in [4.69, 9.17) is 0 Å². The number of rotatable bonds is 4. The zero-order valence-electron chi connectivity index (χ0n) is 10.5. The highest BCUT2D eigenvalue weighted by Gasteiger charge is 2.15. The van der Waals surface area contributed by atoms with E-state index in [0.717, 1.165) is 0 Å². The van der Waals surface area contributed by atoms with E-state index in [0.29, 0.717) is 11.1 Å². The van der Waals surface area contributed by atoms with Crippen molar-refractivity contribution in [1.29, 1.82) is 0 Å². The normalized spacial score (nSPS) is 11.4. The van der Waals surface area contributed by atoms with E-state index in [1.54, 1.807) is 38.1 Å². The molecule has 0 bridgehead atoms. The number of hydrogen-bond acceptors (Lipinski definition) is 4. The molecule has 0 unspecified atom stereocenters. The molecule has 0 spiro atoms. The van der Waals surface area contributed by atoms with Gasteiger partial charge >= 0.3 is 5.97 Å². The summed E-state index contributed by atoms with van der Waals surface area (Å²) in [6.07, 6.45) is 1.51. The number of methoxy groups -OCH3 is 1. The summed E-state index contributed by atoms with van der Waals surface area (Å²) in [5.74, 6) is -0.593. The van der Waals surface area contributed by atoms with Gasteiger partial charge in [0.15, 0.2) is 0 Å². The second kappa shape index (κ2) is 5.95. The van der Waals surface area contributed by atoms with Crippen LogP contribution in [0.3, 0.4) is 0 Å². The summed E-state index contributed by atoms with van der Waals surface area (Å²) in [7, 11) is 1.31. The average Bonchev–Trinajstić information content (AvgIpc) is 2.35. The Kier molecular flexibility index (Phi) is 4.59. The molecule has 0 saturated carbocycles. The van der Waals surface area contributed by atoms with Crippen LogP contribution in [0.1, 0.15) is 29.8 Å². The largest absolute Gasteiger partial charge is 0.465 e. The lowest BCUT2D eigenvalue weighted by molar-refractivity contribution is -0.431. The van der Waals surface area contributed by atoms with Gasteiger partial charge < -0.3 is 4.74 Å². The fraction of sp³-hybridized carbons (Fsp3) is 0.308. The molecule has 5 heteroatoms. The second-order valence-corrected chi connectivity index (χ2v) is 4.09. The van der Waals surface area contributed by atoms with Crippen molar-refractivity contribution in [2.24, 2.45) is 5.92 Å². The molecule has 0 N–H and O–H groups in total. The van der Waals surface area contributed by atoms with Gasteiger partial charge in [0.2, 0.25) is 5.70 Å². The summed E-state index contributed by atoms with van der Waals surface area (Å²) in [5, 5.41) is 10.8. The number of nitro groups is 1. The first-order valence-corrected chi connectivity index (χ1v) is 5.50. The van der Waals surface area contributed by atoms with Gasteiger partial charge in [-0.15, -0.1) is 0 Å². The minimum absolute atomic E-state index is 0.140. The van der Waals surface area contributed by atoms with Gasteiger partial charge in [-0.1, -0.05) is 26.0 Å². The Morgan fingerprint density at radius 3 is 2.28 bits per heavy atom. The minimum atomic E-state index is -0.427. The van der Waals surface area contributed by atoms with Crippen LogP contribution in [0.2, 0.25) is 0 Å². The molecule has 0 heterocycles. The number of hydrogen-bond donors (Lipinski definition) is 0. The monoisotopic (exact) mass is 249 g/mol. The molecular formula is C13H15NO4. The third-order valence-corrected chi connectivity index (χ3v) is 2.45. The quantitative estimate of drug-likeness (QED) is 0.467. The molecule has 0 fully saturated rings. The summed E-state index contributed by atoms with van der Waals surface area (Å²) < 4.78 is 4.57. The highest BCUT2D eigenvalue weighted by atomic mass is 16.6. The number of benzene rings is 1. The molecule has 0 aromatic heterocycles. The Morgan fingerprint density at radius 1 is 1.33 bits per heavy atom. The van der Waals surface area contributed by atoms with Crippen LogP contribution >= 0.6 is 0 Å². The van der Waals surface area contributed by atoms with E-state index in [9.17, 15) is 14.9 Å². The number of carbonyl (C=O) groups excluding carboxylic acids is 1. The van der Waals surface area contributed by atoms with Crippen LogP contribution in [0.15, 0.2) is 30.0 Å². The second-order valence-electron chi connectivity index (χ2n) is 4.09. The number of allylic oxidation sites excluding steroid dienone is 1. The van der Waals surface area contributed by atoms with E-state index in [1.165, 1.54) is 13.2 Å². The van der Waals surface area contributed by atoms with Crippen LogP contribution in [0.25, 0.3) is 6.08 Å². The molecule has 0 aliphatic heterocycles. The van der Waals surface area contributed by atoms with Gasteiger partial charge in [-0.25, -0.2) is 4.79 Å². The Bertz CT molecular complexity index is 474. The predicted molar refractivity (Wildman–Crippen MR) is 67.6 cm³/mol. The van der Waals surface area contributed by atoms with Gasteiger partial charge in [0.25, 0.3) is 0 Å². The molecule has 18 heavy (non-hydrogen) atoms. The Labute approximate surface area is 105 Å². The van der Waals surface area contributed by atoms with E-state index in [-0.39, 0.29) is 16.5 Å². The smallest absolute Gasteiger partial charge is 0.337 e. The molecule has 1 rings (SSSR count). The van der Waals surface area contributed by atoms with Crippen LogP contribution in [0, 0.1) is 16.0 Å². The van der Waals surface area contributed by atoms with E-state index in [2.05, 4.69) is 4.74 Å². The predicted octanol–water partition coefficient (Wildman–Crippen LogP) is 2.75. The summed E-state index contributed by atoms with van der Waals surface area (Å²) in [5.41, 5.74) is 1.24. The van der Waals surface area contributed by atoms with Crippen LogP contribution in [0.5, 0.6) is 0 Å². The summed E-state index contributed by atoms with van der Waals surface area (Å²) in [6.45, 7) is 3.52. The lowest BCUT2D eigenvalue weighted by atomic mass is 10.1. The van der Waals surface area contributed by atoms with E-state index in [1.807, 2.05) is 0 Å². The van der Waals surface area contributed by atoms with Crippen molar-refractivity contribution >= 4 is 12.0 Å². The summed E-state index contributed by atoms with van der Waals surface area (Å²) >= 11 is 0. The number of ether oxygens (including phenoxy) is 1. The molecule has 0 saturated heterocycles. The van der Waals surface area contributed by atoms with Crippen LogP contribution < -0.4 is 0 Å². The molecule has 0 atom stereocenters. The van der Waals surface area contributed by atoms with Crippen molar-refractivity contribution in [3.05, 3.63) is 51.2 Å². The maximum Gasteiger partial charge on any atom is 0.337 e. The minimum Gasteiger partial charge on any atom is -0.465 e. The van der Waals surface area contributed by atoms with Gasteiger partial charge in [0, 0.05) is 12.0 Å². The number of carbonyl (C=O) groups is 1. The fourth-order valence-corrected chi connectivity index (χ4v) is 1.43. The van der Waals surface area contributed by atoms with Crippen molar-refractivity contribution in [2.75, 3.05) is 7.11 Å². The van der Waals surface area contributed by atoms with Crippen LogP contribution in [-0.2, 0) is 4.74 Å². The Balaban J connectivity index is 3.01. The topological polar surface area (TPSA) is 69.4 Å². The van der Waals surface area contributed by atoms with Gasteiger partial charge in [-0.05, 0) is 17.7 Å². The first-order valence-electron chi connectivity index (χ1n) is 5.50. The highest BCUT2D eigenvalue weighted by molar-refractivity contribution is 5.89. The van der Waals surface area contributed by atoms with Crippen molar-refractivity contribution in [2.45, 2.75) is 13.8 Å². The van der Waals surface area contributed by atoms with E-state index < -0.39 is 5.97 Å². The molecule has 96 valence electrons. The van der Waals surface area contributed by atoms with Crippen molar-refractivity contribution < 1.29 is 14.5 Å². The van der Waals surface area contributed by atoms with Crippen LogP contribution in [-0.4, -0.2) is 18.0 Å². The third-order valence-electron chi connectivity index (χ3n) is 2.45. The fourth-order valence-electron chi connectivity index (χ4n) is 1.43. The molecule has 1 aromatic rings. The summed E-state index contributed by atoms with van der Waals surface area (Å²) in [4.78, 5) is 21.7. The first-order chi connectivity index (χ1) is 8.45. The zero-order chi connectivity index (χ0) is 13.7. The zero-order valence-corrected chi connectivity index (χ0v) is 10.5. The van der Waals surface area contributed by atoms with Crippen molar-refractivity contribution in [3.63, 3.8) is 0 Å². The van der Waals surface area contributed by atoms with Gasteiger partial charge in [0.1, 0.15) is 0 Å².